The highest BCUT2D eigenvalue weighted by Gasteiger charge is 2.40. The topological polar surface area (TPSA) is 35.5 Å². The molecular weight excluding hydrogens is 168 g/mol. The molecule has 0 bridgehead atoms. The first-order valence-electron chi connectivity index (χ1n) is 4.36. The molecule has 0 radical (unpaired) electrons. The molecular formula is C10H12O3. The normalized spacial score (nSPS) is 32.2. The van der Waals surface area contributed by atoms with Crippen LogP contribution < -0.4 is 0 Å². The quantitative estimate of drug-likeness (QED) is 0.603. The highest BCUT2D eigenvalue weighted by atomic mass is 16.7. The molecule has 2 rings (SSSR count). The summed E-state index contributed by atoms with van der Waals surface area (Å²) in [5.74, 6) is 0.471. The predicted octanol–water partition coefficient (Wildman–Crippen LogP) is 1.41. The van der Waals surface area contributed by atoms with Gasteiger partial charge in [-0.3, -0.25) is 4.79 Å². The average molecular weight is 180 g/mol. The first kappa shape index (κ1) is 8.51. The van der Waals surface area contributed by atoms with Crippen LogP contribution in [0.1, 0.15) is 13.3 Å². The number of rotatable bonds is 2. The molecule has 1 fully saturated rings. The van der Waals surface area contributed by atoms with Gasteiger partial charge in [0.1, 0.15) is 0 Å². The first-order valence-corrected chi connectivity index (χ1v) is 4.36. The van der Waals surface area contributed by atoms with E-state index in [1.807, 2.05) is 6.92 Å². The summed E-state index contributed by atoms with van der Waals surface area (Å²) in [6.07, 6.45) is 1.57. The molecule has 3 heteroatoms. The molecule has 1 aliphatic heterocycles. The van der Waals surface area contributed by atoms with E-state index in [9.17, 15) is 4.79 Å². The standard InChI is InChI=1S/C10H12O3/c1-3-12-10-9-6(2)8(11)4-7(9)5-13-10/h3,7,10H,1,4-5H2,2H3/t7-,10?/m0/s1. The van der Waals surface area contributed by atoms with E-state index in [1.165, 1.54) is 6.26 Å². The summed E-state index contributed by atoms with van der Waals surface area (Å²) < 4.78 is 10.5. The molecule has 70 valence electrons. The monoisotopic (exact) mass is 180 g/mol. The number of allylic oxidation sites excluding steroid dienone is 1. The van der Waals surface area contributed by atoms with Gasteiger partial charge in [-0.1, -0.05) is 6.58 Å². The zero-order valence-corrected chi connectivity index (χ0v) is 7.58. The van der Waals surface area contributed by atoms with Crippen LogP contribution in [0.4, 0.5) is 0 Å². The zero-order valence-electron chi connectivity index (χ0n) is 7.58. The van der Waals surface area contributed by atoms with Crippen molar-refractivity contribution in [3.63, 3.8) is 0 Å². The molecule has 0 aromatic carbocycles. The molecule has 1 saturated heterocycles. The Morgan fingerprint density at radius 3 is 3.15 bits per heavy atom. The van der Waals surface area contributed by atoms with E-state index in [2.05, 4.69) is 6.58 Å². The van der Waals surface area contributed by atoms with Crippen molar-refractivity contribution in [2.24, 2.45) is 5.92 Å². The molecule has 0 amide bonds. The molecule has 2 aliphatic rings. The predicted molar refractivity (Wildman–Crippen MR) is 46.8 cm³/mol. The number of carbonyl (C=O) groups is 1. The van der Waals surface area contributed by atoms with Crippen LogP contribution in [-0.4, -0.2) is 18.7 Å². The van der Waals surface area contributed by atoms with Gasteiger partial charge < -0.3 is 9.47 Å². The summed E-state index contributed by atoms with van der Waals surface area (Å²) in [7, 11) is 0. The molecule has 3 nitrogen and oxygen atoms in total. The minimum absolute atomic E-state index is 0.223. The smallest absolute Gasteiger partial charge is 0.222 e. The Morgan fingerprint density at radius 2 is 2.46 bits per heavy atom. The van der Waals surface area contributed by atoms with Gasteiger partial charge in [-0.05, 0) is 12.5 Å². The van der Waals surface area contributed by atoms with E-state index < -0.39 is 0 Å². The van der Waals surface area contributed by atoms with Crippen molar-refractivity contribution in [1.29, 1.82) is 0 Å². The van der Waals surface area contributed by atoms with Crippen LogP contribution in [0, 0.1) is 5.92 Å². The van der Waals surface area contributed by atoms with Crippen LogP contribution >= 0.6 is 0 Å². The number of carbonyl (C=O) groups excluding carboxylic acids is 1. The van der Waals surface area contributed by atoms with E-state index in [4.69, 9.17) is 9.47 Å². The maximum Gasteiger partial charge on any atom is 0.222 e. The van der Waals surface area contributed by atoms with Gasteiger partial charge in [0.25, 0.3) is 0 Å². The Hall–Kier alpha value is -1.09. The van der Waals surface area contributed by atoms with Gasteiger partial charge in [0.2, 0.25) is 6.29 Å². The molecule has 0 spiro atoms. The van der Waals surface area contributed by atoms with Gasteiger partial charge in [-0.2, -0.15) is 0 Å². The third-order valence-corrected chi connectivity index (χ3v) is 2.65. The minimum atomic E-state index is -0.367. The average Bonchev–Trinajstić information content (AvgIpc) is 2.58. The Labute approximate surface area is 77.0 Å². The molecule has 0 aromatic rings. The van der Waals surface area contributed by atoms with Crippen molar-refractivity contribution in [2.75, 3.05) is 6.61 Å². The maximum atomic E-state index is 11.3. The van der Waals surface area contributed by atoms with Gasteiger partial charge in [0.15, 0.2) is 5.78 Å². The van der Waals surface area contributed by atoms with Crippen molar-refractivity contribution in [3.05, 3.63) is 24.0 Å². The zero-order chi connectivity index (χ0) is 9.42. The number of hydrogen-bond acceptors (Lipinski definition) is 3. The number of hydrogen-bond donors (Lipinski definition) is 0. The highest BCUT2D eigenvalue weighted by Crippen LogP contribution is 2.38. The van der Waals surface area contributed by atoms with Gasteiger partial charge in [0, 0.05) is 17.9 Å². The van der Waals surface area contributed by atoms with Crippen LogP contribution in [-0.2, 0) is 14.3 Å². The number of ether oxygens (including phenoxy) is 2. The Kier molecular flexibility index (Phi) is 1.96. The van der Waals surface area contributed by atoms with Crippen molar-refractivity contribution < 1.29 is 14.3 Å². The molecule has 0 N–H and O–H groups in total. The summed E-state index contributed by atoms with van der Waals surface area (Å²) >= 11 is 0. The molecule has 0 aromatic heterocycles. The fourth-order valence-electron chi connectivity index (χ4n) is 1.97. The van der Waals surface area contributed by atoms with Crippen LogP contribution in [0.5, 0.6) is 0 Å². The molecule has 13 heavy (non-hydrogen) atoms. The Morgan fingerprint density at radius 1 is 1.69 bits per heavy atom. The third kappa shape index (κ3) is 1.20. The van der Waals surface area contributed by atoms with E-state index in [1.54, 1.807) is 0 Å². The largest absolute Gasteiger partial charge is 0.469 e. The SMILES string of the molecule is C=COC1OC[C@@H]2CC(=O)C(C)=C12. The molecule has 2 atom stereocenters. The minimum Gasteiger partial charge on any atom is -0.469 e. The molecule has 1 heterocycles. The summed E-state index contributed by atoms with van der Waals surface area (Å²) in [4.78, 5) is 11.3. The van der Waals surface area contributed by atoms with Gasteiger partial charge in [0.05, 0.1) is 12.9 Å². The summed E-state index contributed by atoms with van der Waals surface area (Å²) in [6.45, 7) is 5.91. The van der Waals surface area contributed by atoms with Crippen LogP contribution in [0.15, 0.2) is 24.0 Å². The second-order valence-electron chi connectivity index (χ2n) is 3.37. The highest BCUT2D eigenvalue weighted by molar-refractivity contribution is 5.98. The Balaban J connectivity index is 2.27. The summed E-state index contributed by atoms with van der Waals surface area (Å²) in [5, 5.41) is 0. The van der Waals surface area contributed by atoms with Gasteiger partial charge in [-0.15, -0.1) is 0 Å². The van der Waals surface area contributed by atoms with Crippen molar-refractivity contribution in [1.82, 2.24) is 0 Å². The molecule has 0 saturated carbocycles. The molecule has 1 aliphatic carbocycles. The van der Waals surface area contributed by atoms with Gasteiger partial charge >= 0.3 is 0 Å². The lowest BCUT2D eigenvalue weighted by molar-refractivity contribution is -0.116. The van der Waals surface area contributed by atoms with E-state index in [-0.39, 0.29) is 18.0 Å². The van der Waals surface area contributed by atoms with Crippen molar-refractivity contribution in [3.8, 4) is 0 Å². The second-order valence-corrected chi connectivity index (χ2v) is 3.37. The van der Waals surface area contributed by atoms with Crippen LogP contribution in [0.3, 0.4) is 0 Å². The van der Waals surface area contributed by atoms with Crippen molar-refractivity contribution in [2.45, 2.75) is 19.6 Å². The fourth-order valence-corrected chi connectivity index (χ4v) is 1.97. The Bertz CT molecular complexity index is 291. The summed E-state index contributed by atoms with van der Waals surface area (Å²) in [6, 6.07) is 0. The van der Waals surface area contributed by atoms with E-state index >= 15 is 0 Å². The number of fused-ring (bicyclic) bond motifs is 1. The van der Waals surface area contributed by atoms with Crippen LogP contribution in [0.25, 0.3) is 0 Å². The first-order chi connectivity index (χ1) is 6.24. The maximum absolute atomic E-state index is 11.3. The molecule has 1 unspecified atom stereocenters. The second kappa shape index (κ2) is 3.00. The lowest BCUT2D eigenvalue weighted by atomic mass is 10.0. The number of ketones is 1. The van der Waals surface area contributed by atoms with E-state index in [0.29, 0.717) is 13.0 Å². The summed E-state index contributed by atoms with van der Waals surface area (Å²) in [5.41, 5.74) is 1.83. The fraction of sp³-hybridized carbons (Fsp3) is 0.500. The number of Topliss-reactive ketones (excluding diaryl/α,β-unsaturated/α-hetero) is 1. The van der Waals surface area contributed by atoms with Gasteiger partial charge in [-0.25, -0.2) is 0 Å². The third-order valence-electron chi connectivity index (χ3n) is 2.65. The van der Waals surface area contributed by atoms with E-state index in [0.717, 1.165) is 11.1 Å². The van der Waals surface area contributed by atoms with Crippen LogP contribution in [0.2, 0.25) is 0 Å². The lowest BCUT2D eigenvalue weighted by Crippen LogP contribution is -2.10. The van der Waals surface area contributed by atoms with Crippen molar-refractivity contribution >= 4 is 5.78 Å². The lowest BCUT2D eigenvalue weighted by Gasteiger charge is -2.10.